The molecule has 0 aliphatic heterocycles. The summed E-state index contributed by atoms with van der Waals surface area (Å²) in [7, 11) is 1.66. The molecule has 108 valence electrons. The van der Waals surface area contributed by atoms with Gasteiger partial charge in [-0.25, -0.2) is 0 Å². The van der Waals surface area contributed by atoms with Crippen LogP contribution < -0.4 is 10.5 Å². The minimum Gasteiger partial charge on any atom is -0.497 e. The fraction of sp³-hybridized carbons (Fsp3) is 0.467. The quantitative estimate of drug-likeness (QED) is 0.838. The van der Waals surface area contributed by atoms with Crippen LogP contribution in [-0.4, -0.2) is 23.8 Å². The van der Waals surface area contributed by atoms with Gasteiger partial charge in [0.25, 0.3) is 0 Å². The monoisotopic (exact) mass is 275 g/mol. The Balaban J connectivity index is 2.01. The second kappa shape index (κ2) is 7.05. The Kier molecular flexibility index (Phi) is 5.12. The Bertz CT molecular complexity index is 535. The van der Waals surface area contributed by atoms with Crippen molar-refractivity contribution < 1.29 is 9.26 Å². The smallest absolute Gasteiger partial charge is 0.226 e. The lowest BCUT2D eigenvalue weighted by Gasteiger charge is -2.07. The minimum absolute atomic E-state index is 0.403. The number of ether oxygens (including phenoxy) is 1. The topological polar surface area (TPSA) is 74.2 Å². The lowest BCUT2D eigenvalue weighted by Crippen LogP contribution is -2.16. The number of nitrogens with zero attached hydrogens (tertiary/aromatic N) is 2. The van der Waals surface area contributed by atoms with Crippen LogP contribution >= 0.6 is 0 Å². The molecule has 0 saturated carbocycles. The summed E-state index contributed by atoms with van der Waals surface area (Å²) < 4.78 is 10.5. The Morgan fingerprint density at radius 3 is 2.95 bits per heavy atom. The Labute approximate surface area is 119 Å². The van der Waals surface area contributed by atoms with Crippen LogP contribution in [0.5, 0.6) is 5.75 Å². The van der Waals surface area contributed by atoms with Crippen LogP contribution in [0.3, 0.4) is 0 Å². The number of benzene rings is 1. The summed E-state index contributed by atoms with van der Waals surface area (Å²) in [5, 5.41) is 4.02. The summed E-state index contributed by atoms with van der Waals surface area (Å²) in [5.74, 6) is 2.60. The van der Waals surface area contributed by atoms with Gasteiger partial charge in [-0.15, -0.1) is 0 Å². The average molecular weight is 275 g/mol. The Morgan fingerprint density at radius 1 is 1.40 bits per heavy atom. The van der Waals surface area contributed by atoms with Crippen LogP contribution in [0.15, 0.2) is 28.8 Å². The van der Waals surface area contributed by atoms with Crippen LogP contribution in [0.25, 0.3) is 0 Å². The number of hydrogen-bond donors (Lipinski definition) is 1. The molecule has 1 aromatic heterocycles. The molecule has 20 heavy (non-hydrogen) atoms. The van der Waals surface area contributed by atoms with E-state index in [0.717, 1.165) is 24.2 Å². The molecule has 1 unspecified atom stereocenters. The van der Waals surface area contributed by atoms with Gasteiger partial charge >= 0.3 is 0 Å². The van der Waals surface area contributed by atoms with Gasteiger partial charge in [0.1, 0.15) is 5.75 Å². The van der Waals surface area contributed by atoms with E-state index in [0.29, 0.717) is 30.6 Å². The molecule has 5 nitrogen and oxygen atoms in total. The van der Waals surface area contributed by atoms with Crippen molar-refractivity contribution in [2.45, 2.75) is 26.2 Å². The third-order valence-electron chi connectivity index (χ3n) is 3.38. The zero-order valence-electron chi connectivity index (χ0n) is 12.0. The molecule has 1 heterocycles. The second-order valence-corrected chi connectivity index (χ2v) is 4.85. The fourth-order valence-corrected chi connectivity index (χ4v) is 2.05. The molecule has 1 atom stereocenters. The van der Waals surface area contributed by atoms with Crippen LogP contribution in [-0.2, 0) is 12.8 Å². The third-order valence-corrected chi connectivity index (χ3v) is 3.38. The Hall–Kier alpha value is -1.88. The van der Waals surface area contributed by atoms with Crippen molar-refractivity contribution in [3.8, 4) is 5.75 Å². The van der Waals surface area contributed by atoms with Crippen molar-refractivity contribution in [3.63, 3.8) is 0 Å². The number of hydrogen-bond acceptors (Lipinski definition) is 5. The van der Waals surface area contributed by atoms with E-state index in [1.165, 1.54) is 0 Å². The molecule has 0 aliphatic carbocycles. The number of nitrogens with two attached hydrogens (primary N) is 1. The summed E-state index contributed by atoms with van der Waals surface area (Å²) in [6, 6.07) is 7.87. The maximum Gasteiger partial charge on any atom is 0.226 e. The molecule has 0 amide bonds. The van der Waals surface area contributed by atoms with Crippen molar-refractivity contribution in [3.05, 3.63) is 41.5 Å². The van der Waals surface area contributed by atoms with E-state index in [4.69, 9.17) is 15.0 Å². The van der Waals surface area contributed by atoms with Gasteiger partial charge in [0.05, 0.1) is 7.11 Å². The van der Waals surface area contributed by atoms with Gasteiger partial charge in [0, 0.05) is 12.8 Å². The number of methoxy groups -OCH3 is 1. The first-order chi connectivity index (χ1) is 9.75. The van der Waals surface area contributed by atoms with Gasteiger partial charge in [-0.05, 0) is 30.2 Å². The van der Waals surface area contributed by atoms with Gasteiger partial charge in [-0.2, -0.15) is 4.98 Å². The lowest BCUT2D eigenvalue weighted by atomic mass is 10.0. The highest BCUT2D eigenvalue weighted by atomic mass is 16.5. The highest BCUT2D eigenvalue weighted by Crippen LogP contribution is 2.16. The minimum atomic E-state index is 0.403. The second-order valence-electron chi connectivity index (χ2n) is 4.85. The van der Waals surface area contributed by atoms with E-state index in [9.17, 15) is 0 Å². The predicted octanol–water partition coefficient (Wildman–Crippen LogP) is 2.20. The standard InChI is InChI=1S/C15H21N3O2/c1-3-11(10-16)9-15-17-14(18-20-15)8-12-5-4-6-13(7-12)19-2/h4-7,11H,3,8-10,16H2,1-2H3. The average Bonchev–Trinajstić information content (AvgIpc) is 2.92. The van der Waals surface area contributed by atoms with Gasteiger partial charge in [0.2, 0.25) is 5.89 Å². The first kappa shape index (κ1) is 14.5. The number of aromatic nitrogens is 2. The van der Waals surface area contributed by atoms with Crippen LogP contribution in [0.4, 0.5) is 0 Å². The maximum atomic E-state index is 5.69. The Morgan fingerprint density at radius 2 is 2.25 bits per heavy atom. The first-order valence-corrected chi connectivity index (χ1v) is 6.89. The van der Waals surface area contributed by atoms with Gasteiger partial charge in [0.15, 0.2) is 5.82 Å². The third kappa shape index (κ3) is 3.81. The van der Waals surface area contributed by atoms with Gasteiger partial charge < -0.3 is 15.0 Å². The molecule has 5 heteroatoms. The molecular weight excluding hydrogens is 254 g/mol. The van der Waals surface area contributed by atoms with E-state index in [-0.39, 0.29) is 0 Å². The highest BCUT2D eigenvalue weighted by molar-refractivity contribution is 5.30. The van der Waals surface area contributed by atoms with Crippen LogP contribution in [0.2, 0.25) is 0 Å². The zero-order chi connectivity index (χ0) is 14.4. The van der Waals surface area contributed by atoms with Crippen molar-refractivity contribution in [2.75, 3.05) is 13.7 Å². The van der Waals surface area contributed by atoms with E-state index >= 15 is 0 Å². The largest absolute Gasteiger partial charge is 0.497 e. The molecule has 2 rings (SSSR count). The molecule has 0 bridgehead atoms. The van der Waals surface area contributed by atoms with Gasteiger partial charge in [-0.3, -0.25) is 0 Å². The summed E-state index contributed by atoms with van der Waals surface area (Å²) in [4.78, 5) is 4.42. The van der Waals surface area contributed by atoms with Crippen LogP contribution in [0.1, 0.15) is 30.6 Å². The number of rotatable bonds is 7. The molecular formula is C15H21N3O2. The zero-order valence-corrected chi connectivity index (χ0v) is 12.0. The molecule has 0 spiro atoms. The summed E-state index contributed by atoms with van der Waals surface area (Å²) in [6.45, 7) is 2.76. The first-order valence-electron chi connectivity index (χ1n) is 6.89. The van der Waals surface area contributed by atoms with Crippen LogP contribution in [0, 0.1) is 5.92 Å². The predicted molar refractivity (Wildman–Crippen MR) is 76.6 cm³/mol. The normalized spacial score (nSPS) is 12.3. The summed E-state index contributed by atoms with van der Waals surface area (Å²) >= 11 is 0. The fourth-order valence-electron chi connectivity index (χ4n) is 2.05. The molecule has 0 radical (unpaired) electrons. The van der Waals surface area contributed by atoms with Crippen molar-refractivity contribution in [2.24, 2.45) is 11.7 Å². The van der Waals surface area contributed by atoms with Crippen molar-refractivity contribution in [1.29, 1.82) is 0 Å². The summed E-state index contributed by atoms with van der Waals surface area (Å²) in [6.07, 6.45) is 2.41. The van der Waals surface area contributed by atoms with E-state index in [1.807, 2.05) is 24.3 Å². The molecule has 2 aromatic rings. The van der Waals surface area contributed by atoms with Gasteiger partial charge in [-0.1, -0.05) is 30.6 Å². The van der Waals surface area contributed by atoms with E-state index < -0.39 is 0 Å². The maximum absolute atomic E-state index is 5.69. The van der Waals surface area contributed by atoms with Crippen molar-refractivity contribution >= 4 is 0 Å². The SMILES string of the molecule is CCC(CN)Cc1nc(Cc2cccc(OC)c2)no1. The molecule has 0 aliphatic rings. The molecule has 1 aromatic carbocycles. The van der Waals surface area contributed by atoms with E-state index in [1.54, 1.807) is 7.11 Å². The molecule has 2 N–H and O–H groups in total. The highest BCUT2D eigenvalue weighted by Gasteiger charge is 2.12. The molecule has 0 saturated heterocycles. The molecule has 0 fully saturated rings. The summed E-state index contributed by atoms with van der Waals surface area (Å²) in [5.41, 5.74) is 6.79. The lowest BCUT2D eigenvalue weighted by molar-refractivity contribution is 0.347. The van der Waals surface area contributed by atoms with E-state index in [2.05, 4.69) is 17.1 Å². The van der Waals surface area contributed by atoms with Crippen molar-refractivity contribution in [1.82, 2.24) is 10.1 Å².